The first-order valence-electron chi connectivity index (χ1n) is 4.22. The Morgan fingerprint density at radius 2 is 1.93 bits per heavy atom. The molecule has 0 atom stereocenters. The van der Waals surface area contributed by atoms with Crippen LogP contribution in [-0.4, -0.2) is 9.78 Å². The quantitative estimate of drug-likeness (QED) is 0.698. The maximum absolute atomic E-state index is 13.3. The molecule has 2 aromatic rings. The SMILES string of the molecule is Cn1ncc(F)c1-c1ccc(N)cc1. The number of rotatable bonds is 1. The molecule has 2 rings (SSSR count). The van der Waals surface area contributed by atoms with Gasteiger partial charge in [-0.05, 0) is 12.1 Å². The summed E-state index contributed by atoms with van der Waals surface area (Å²) >= 11 is 0. The lowest BCUT2D eigenvalue weighted by atomic mass is 10.1. The first-order chi connectivity index (χ1) is 6.68. The molecule has 3 nitrogen and oxygen atoms in total. The molecule has 0 unspecified atom stereocenters. The molecule has 0 fully saturated rings. The lowest BCUT2D eigenvalue weighted by Crippen LogP contribution is -1.94. The van der Waals surface area contributed by atoms with E-state index in [0.717, 1.165) is 5.56 Å². The first kappa shape index (κ1) is 8.74. The van der Waals surface area contributed by atoms with Crippen molar-refractivity contribution in [2.75, 3.05) is 5.73 Å². The fourth-order valence-corrected chi connectivity index (χ4v) is 1.38. The lowest BCUT2D eigenvalue weighted by Gasteiger charge is -2.02. The maximum atomic E-state index is 13.3. The molecule has 0 saturated heterocycles. The van der Waals surface area contributed by atoms with E-state index in [2.05, 4.69) is 5.10 Å². The van der Waals surface area contributed by atoms with Gasteiger partial charge in [0.2, 0.25) is 0 Å². The molecule has 0 saturated carbocycles. The van der Waals surface area contributed by atoms with Crippen LogP contribution in [0.25, 0.3) is 11.3 Å². The van der Waals surface area contributed by atoms with Crippen LogP contribution < -0.4 is 5.73 Å². The number of nitrogens with two attached hydrogens (primary N) is 1. The number of benzene rings is 1. The molecule has 72 valence electrons. The zero-order valence-electron chi connectivity index (χ0n) is 7.74. The molecule has 1 aromatic heterocycles. The van der Waals surface area contributed by atoms with Crippen molar-refractivity contribution in [3.8, 4) is 11.3 Å². The van der Waals surface area contributed by atoms with Crippen molar-refractivity contribution in [2.45, 2.75) is 0 Å². The normalized spacial score (nSPS) is 10.4. The van der Waals surface area contributed by atoms with E-state index >= 15 is 0 Å². The molecule has 2 N–H and O–H groups in total. The van der Waals surface area contributed by atoms with E-state index in [-0.39, 0.29) is 5.82 Å². The first-order valence-corrected chi connectivity index (χ1v) is 4.22. The van der Waals surface area contributed by atoms with Crippen molar-refractivity contribution in [3.05, 3.63) is 36.3 Å². The van der Waals surface area contributed by atoms with Crippen LogP contribution in [0.15, 0.2) is 30.5 Å². The minimum Gasteiger partial charge on any atom is -0.399 e. The van der Waals surface area contributed by atoms with Gasteiger partial charge in [-0.15, -0.1) is 0 Å². The Hall–Kier alpha value is -1.84. The largest absolute Gasteiger partial charge is 0.399 e. The number of hydrogen-bond acceptors (Lipinski definition) is 2. The van der Waals surface area contributed by atoms with Crippen molar-refractivity contribution in [1.29, 1.82) is 0 Å². The van der Waals surface area contributed by atoms with Crippen LogP contribution in [0.1, 0.15) is 0 Å². The van der Waals surface area contributed by atoms with Gasteiger partial charge in [0, 0.05) is 18.3 Å². The monoisotopic (exact) mass is 191 g/mol. The summed E-state index contributed by atoms with van der Waals surface area (Å²) in [6.45, 7) is 0. The molecule has 0 spiro atoms. The predicted octanol–water partition coefficient (Wildman–Crippen LogP) is 1.81. The van der Waals surface area contributed by atoms with E-state index < -0.39 is 0 Å². The number of halogens is 1. The maximum Gasteiger partial charge on any atom is 0.169 e. The summed E-state index contributed by atoms with van der Waals surface area (Å²) in [5.41, 5.74) is 7.45. The van der Waals surface area contributed by atoms with Crippen LogP contribution in [0, 0.1) is 5.82 Å². The second-order valence-corrected chi connectivity index (χ2v) is 3.09. The molecule has 0 radical (unpaired) electrons. The van der Waals surface area contributed by atoms with E-state index in [0.29, 0.717) is 11.4 Å². The molecular weight excluding hydrogens is 181 g/mol. The van der Waals surface area contributed by atoms with Crippen LogP contribution in [0.2, 0.25) is 0 Å². The molecule has 0 amide bonds. The number of aryl methyl sites for hydroxylation is 1. The van der Waals surface area contributed by atoms with E-state index in [1.165, 1.54) is 10.9 Å². The summed E-state index contributed by atoms with van der Waals surface area (Å²) in [5.74, 6) is -0.322. The number of nitrogens with zero attached hydrogens (tertiary/aromatic N) is 2. The highest BCUT2D eigenvalue weighted by Gasteiger charge is 2.09. The number of nitrogen functional groups attached to an aromatic ring is 1. The van der Waals surface area contributed by atoms with Crippen molar-refractivity contribution in [2.24, 2.45) is 7.05 Å². The average molecular weight is 191 g/mol. The van der Waals surface area contributed by atoms with Gasteiger partial charge in [0.25, 0.3) is 0 Å². The molecule has 0 aliphatic carbocycles. The Bertz CT molecular complexity index is 425. The van der Waals surface area contributed by atoms with E-state index in [1.54, 1.807) is 31.3 Å². The molecule has 14 heavy (non-hydrogen) atoms. The van der Waals surface area contributed by atoms with Gasteiger partial charge in [-0.1, -0.05) is 12.1 Å². The summed E-state index contributed by atoms with van der Waals surface area (Å²) in [7, 11) is 1.70. The summed E-state index contributed by atoms with van der Waals surface area (Å²) in [4.78, 5) is 0. The Morgan fingerprint density at radius 3 is 2.43 bits per heavy atom. The lowest BCUT2D eigenvalue weighted by molar-refractivity contribution is 0.629. The van der Waals surface area contributed by atoms with Gasteiger partial charge < -0.3 is 5.73 Å². The number of anilines is 1. The molecule has 0 bridgehead atoms. The Balaban J connectivity index is 2.54. The molecule has 1 aromatic carbocycles. The third-order valence-corrected chi connectivity index (χ3v) is 2.08. The number of aromatic nitrogens is 2. The zero-order valence-corrected chi connectivity index (χ0v) is 7.74. The summed E-state index contributed by atoms with van der Waals surface area (Å²) < 4.78 is 14.8. The Labute approximate surface area is 81.0 Å². The second-order valence-electron chi connectivity index (χ2n) is 3.09. The summed E-state index contributed by atoms with van der Waals surface area (Å²) in [5, 5.41) is 3.83. The van der Waals surface area contributed by atoms with Crippen molar-refractivity contribution in [3.63, 3.8) is 0 Å². The highest BCUT2D eigenvalue weighted by atomic mass is 19.1. The van der Waals surface area contributed by atoms with E-state index in [1.807, 2.05) is 0 Å². The highest BCUT2D eigenvalue weighted by molar-refractivity contribution is 5.62. The van der Waals surface area contributed by atoms with Crippen molar-refractivity contribution < 1.29 is 4.39 Å². The minimum atomic E-state index is -0.322. The van der Waals surface area contributed by atoms with Crippen molar-refractivity contribution >= 4 is 5.69 Å². The minimum absolute atomic E-state index is 0.322. The van der Waals surface area contributed by atoms with Gasteiger partial charge in [-0.3, -0.25) is 4.68 Å². The van der Waals surface area contributed by atoms with Crippen molar-refractivity contribution in [1.82, 2.24) is 9.78 Å². The molecule has 1 heterocycles. The standard InChI is InChI=1S/C10H10FN3/c1-14-10(9(11)6-13-14)7-2-4-8(12)5-3-7/h2-6H,12H2,1H3. The van der Waals surface area contributed by atoms with Crippen LogP contribution in [0.5, 0.6) is 0 Å². The molecule has 4 heteroatoms. The third-order valence-electron chi connectivity index (χ3n) is 2.08. The van der Waals surface area contributed by atoms with Gasteiger partial charge in [0.1, 0.15) is 5.69 Å². The van der Waals surface area contributed by atoms with Gasteiger partial charge in [0.15, 0.2) is 5.82 Å². The Morgan fingerprint density at radius 1 is 1.29 bits per heavy atom. The Kier molecular flexibility index (Phi) is 1.96. The van der Waals surface area contributed by atoms with Crippen LogP contribution in [-0.2, 0) is 7.05 Å². The predicted molar refractivity (Wildman–Crippen MR) is 53.0 cm³/mol. The summed E-state index contributed by atoms with van der Waals surface area (Å²) in [6.07, 6.45) is 1.20. The molecule has 0 aliphatic heterocycles. The third kappa shape index (κ3) is 1.35. The van der Waals surface area contributed by atoms with Gasteiger partial charge in [-0.2, -0.15) is 5.10 Å². The van der Waals surface area contributed by atoms with Gasteiger partial charge >= 0.3 is 0 Å². The smallest absolute Gasteiger partial charge is 0.169 e. The van der Waals surface area contributed by atoms with Crippen LogP contribution >= 0.6 is 0 Å². The zero-order chi connectivity index (χ0) is 10.1. The number of hydrogen-bond donors (Lipinski definition) is 1. The fraction of sp³-hybridized carbons (Fsp3) is 0.100. The average Bonchev–Trinajstić information content (AvgIpc) is 2.49. The van der Waals surface area contributed by atoms with Gasteiger partial charge in [-0.25, -0.2) is 4.39 Å². The van der Waals surface area contributed by atoms with Crippen LogP contribution in [0.4, 0.5) is 10.1 Å². The van der Waals surface area contributed by atoms with Gasteiger partial charge in [0.05, 0.1) is 6.20 Å². The highest BCUT2D eigenvalue weighted by Crippen LogP contribution is 2.22. The summed E-state index contributed by atoms with van der Waals surface area (Å²) in [6, 6.07) is 7.02. The van der Waals surface area contributed by atoms with E-state index in [9.17, 15) is 4.39 Å². The van der Waals surface area contributed by atoms with E-state index in [4.69, 9.17) is 5.73 Å². The topological polar surface area (TPSA) is 43.8 Å². The fourth-order valence-electron chi connectivity index (χ4n) is 1.38. The second kappa shape index (κ2) is 3.14. The molecule has 0 aliphatic rings. The molecular formula is C10H10FN3. The van der Waals surface area contributed by atoms with Crippen LogP contribution in [0.3, 0.4) is 0 Å².